The monoisotopic (exact) mass is 401 g/mol. The highest BCUT2D eigenvalue weighted by Gasteiger charge is 2.20. The Hall–Kier alpha value is -3.12. The lowest BCUT2D eigenvalue weighted by Crippen LogP contribution is -2.35. The molecule has 0 atom stereocenters. The summed E-state index contributed by atoms with van der Waals surface area (Å²) in [7, 11) is 0. The molecule has 154 valence electrons. The maximum atomic E-state index is 12.8. The van der Waals surface area contributed by atoms with Crippen LogP contribution in [0.5, 0.6) is 0 Å². The second-order valence-electron chi connectivity index (χ2n) is 8.07. The van der Waals surface area contributed by atoms with Gasteiger partial charge < -0.3 is 14.3 Å². The van der Waals surface area contributed by atoms with Crippen LogP contribution in [0.25, 0.3) is 16.6 Å². The molecule has 6 heteroatoms. The van der Waals surface area contributed by atoms with Gasteiger partial charge >= 0.3 is 0 Å². The molecule has 1 aliphatic heterocycles. The van der Waals surface area contributed by atoms with E-state index in [1.165, 1.54) is 10.9 Å². The topological polar surface area (TPSA) is 56.6 Å². The normalized spacial score (nSPS) is 15.7. The molecule has 0 saturated carbocycles. The number of fused-ring (bicyclic) bond motifs is 2. The second-order valence-corrected chi connectivity index (χ2v) is 8.07. The summed E-state index contributed by atoms with van der Waals surface area (Å²) in [6.07, 6.45) is 8.52. The van der Waals surface area contributed by atoms with Crippen molar-refractivity contribution in [2.24, 2.45) is 0 Å². The number of imidazole rings is 1. The van der Waals surface area contributed by atoms with Gasteiger partial charge in [-0.15, -0.1) is 0 Å². The van der Waals surface area contributed by atoms with Gasteiger partial charge in [0.2, 0.25) is 5.91 Å². The number of carbonyl (C=O) groups excluding carboxylic acids is 1. The molecular formula is C24H27N5O. The van der Waals surface area contributed by atoms with Crippen LogP contribution >= 0.6 is 0 Å². The van der Waals surface area contributed by atoms with Crippen LogP contribution in [0.15, 0.2) is 61.1 Å². The number of nitrogens with one attached hydrogen (secondary N) is 1. The number of benzene rings is 1. The van der Waals surface area contributed by atoms with Crippen LogP contribution in [0.4, 0.5) is 0 Å². The van der Waals surface area contributed by atoms with Crippen LogP contribution in [0.3, 0.4) is 0 Å². The lowest BCUT2D eigenvalue weighted by atomic mass is 10.1. The Bertz CT molecular complexity index is 1130. The molecule has 0 aliphatic carbocycles. The number of pyridine rings is 1. The number of carbonyl (C=O) groups is 1. The van der Waals surface area contributed by atoms with Crippen molar-refractivity contribution in [2.45, 2.75) is 25.8 Å². The molecule has 4 aromatic rings. The minimum Gasteiger partial charge on any atom is -0.361 e. The van der Waals surface area contributed by atoms with Gasteiger partial charge in [-0.3, -0.25) is 9.69 Å². The Labute approximate surface area is 176 Å². The van der Waals surface area contributed by atoms with Gasteiger partial charge in [-0.2, -0.15) is 0 Å². The first-order valence-electron chi connectivity index (χ1n) is 10.7. The molecule has 1 aromatic carbocycles. The SMILES string of the molecule is O=C(CCc1c[nH]c2ccccc12)N1CCCN(Cc2cn3ccccc3n2)CC1. The lowest BCUT2D eigenvalue weighted by Gasteiger charge is -2.21. The minimum atomic E-state index is 0.259. The van der Waals surface area contributed by atoms with Gasteiger partial charge in [0, 0.05) is 68.6 Å². The van der Waals surface area contributed by atoms with Crippen molar-refractivity contribution in [1.29, 1.82) is 0 Å². The number of H-pyrrole nitrogens is 1. The Kier molecular flexibility index (Phi) is 5.24. The van der Waals surface area contributed by atoms with Crippen molar-refractivity contribution in [1.82, 2.24) is 24.2 Å². The van der Waals surface area contributed by atoms with E-state index < -0.39 is 0 Å². The number of aryl methyl sites for hydroxylation is 1. The van der Waals surface area contributed by atoms with Crippen LogP contribution in [0.2, 0.25) is 0 Å². The van der Waals surface area contributed by atoms with Gasteiger partial charge in [-0.25, -0.2) is 4.98 Å². The van der Waals surface area contributed by atoms with E-state index in [1.54, 1.807) is 0 Å². The summed E-state index contributed by atoms with van der Waals surface area (Å²) in [5.41, 5.74) is 4.43. The van der Waals surface area contributed by atoms with E-state index in [0.717, 1.165) is 62.4 Å². The number of nitrogens with zero attached hydrogens (tertiary/aromatic N) is 4. The fourth-order valence-corrected chi connectivity index (χ4v) is 4.41. The molecule has 0 radical (unpaired) electrons. The number of aromatic nitrogens is 3. The average Bonchev–Trinajstić information content (AvgIpc) is 3.29. The summed E-state index contributed by atoms with van der Waals surface area (Å²) in [4.78, 5) is 25.3. The summed E-state index contributed by atoms with van der Waals surface area (Å²) >= 11 is 0. The van der Waals surface area contributed by atoms with Gasteiger partial charge in [0.25, 0.3) is 0 Å². The predicted octanol–water partition coefficient (Wildman–Crippen LogP) is 3.48. The van der Waals surface area contributed by atoms with Crippen molar-refractivity contribution < 1.29 is 4.79 Å². The van der Waals surface area contributed by atoms with Crippen molar-refractivity contribution in [3.63, 3.8) is 0 Å². The quantitative estimate of drug-likeness (QED) is 0.557. The third-order valence-corrected chi connectivity index (χ3v) is 6.02. The first kappa shape index (κ1) is 18.9. The Morgan fingerprint density at radius 3 is 2.87 bits per heavy atom. The lowest BCUT2D eigenvalue weighted by molar-refractivity contribution is -0.131. The summed E-state index contributed by atoms with van der Waals surface area (Å²) in [5.74, 6) is 0.259. The van der Waals surface area contributed by atoms with Crippen molar-refractivity contribution >= 4 is 22.5 Å². The van der Waals surface area contributed by atoms with E-state index in [9.17, 15) is 4.79 Å². The maximum absolute atomic E-state index is 12.8. The molecule has 0 unspecified atom stereocenters. The van der Waals surface area contributed by atoms with E-state index in [4.69, 9.17) is 4.98 Å². The highest BCUT2D eigenvalue weighted by atomic mass is 16.2. The summed E-state index contributed by atoms with van der Waals surface area (Å²) in [6, 6.07) is 14.3. The van der Waals surface area contributed by atoms with E-state index in [2.05, 4.69) is 32.6 Å². The molecule has 1 aliphatic rings. The first-order valence-corrected chi connectivity index (χ1v) is 10.7. The molecule has 4 heterocycles. The van der Waals surface area contributed by atoms with E-state index in [-0.39, 0.29) is 5.91 Å². The van der Waals surface area contributed by atoms with Gasteiger partial charge in [-0.05, 0) is 36.6 Å². The Morgan fingerprint density at radius 2 is 1.93 bits per heavy atom. The molecule has 1 N–H and O–H groups in total. The standard InChI is InChI=1S/C24H27N5O/c30-24(10-9-19-16-25-22-7-2-1-6-21(19)22)28-13-5-11-27(14-15-28)17-20-18-29-12-4-3-8-23(29)26-20/h1-4,6-8,12,16,18,25H,5,9-11,13-15,17H2. The molecule has 3 aromatic heterocycles. The molecule has 0 bridgehead atoms. The number of rotatable bonds is 5. The zero-order chi connectivity index (χ0) is 20.3. The second kappa shape index (κ2) is 8.32. The third kappa shape index (κ3) is 3.96. The van der Waals surface area contributed by atoms with Crippen molar-refractivity contribution in [2.75, 3.05) is 26.2 Å². The number of hydrogen-bond acceptors (Lipinski definition) is 3. The molecule has 1 saturated heterocycles. The predicted molar refractivity (Wildman–Crippen MR) is 118 cm³/mol. The Morgan fingerprint density at radius 1 is 1.03 bits per heavy atom. The Balaban J connectivity index is 1.16. The smallest absolute Gasteiger partial charge is 0.222 e. The van der Waals surface area contributed by atoms with Gasteiger partial charge in [0.15, 0.2) is 0 Å². The molecular weight excluding hydrogens is 374 g/mol. The summed E-state index contributed by atoms with van der Waals surface area (Å²) < 4.78 is 2.06. The highest BCUT2D eigenvalue weighted by Crippen LogP contribution is 2.19. The van der Waals surface area contributed by atoms with Gasteiger partial charge in [0.05, 0.1) is 5.69 Å². The van der Waals surface area contributed by atoms with Crippen LogP contribution < -0.4 is 0 Å². The van der Waals surface area contributed by atoms with Crippen LogP contribution in [-0.2, 0) is 17.8 Å². The number of aromatic amines is 1. The van der Waals surface area contributed by atoms with E-state index in [1.807, 2.05) is 47.6 Å². The maximum Gasteiger partial charge on any atom is 0.222 e. The minimum absolute atomic E-state index is 0.259. The van der Waals surface area contributed by atoms with Crippen LogP contribution in [0.1, 0.15) is 24.1 Å². The average molecular weight is 402 g/mol. The van der Waals surface area contributed by atoms with Gasteiger partial charge in [0.1, 0.15) is 5.65 Å². The third-order valence-electron chi connectivity index (χ3n) is 6.02. The highest BCUT2D eigenvalue weighted by molar-refractivity contribution is 5.84. The van der Waals surface area contributed by atoms with Crippen LogP contribution in [-0.4, -0.2) is 56.3 Å². The van der Waals surface area contributed by atoms with E-state index in [0.29, 0.717) is 6.42 Å². The molecule has 0 spiro atoms. The number of para-hydroxylation sites is 1. The van der Waals surface area contributed by atoms with Crippen molar-refractivity contribution in [3.8, 4) is 0 Å². The van der Waals surface area contributed by atoms with Crippen LogP contribution in [0, 0.1) is 0 Å². The first-order chi connectivity index (χ1) is 14.8. The summed E-state index contributed by atoms with van der Waals surface area (Å²) in [5, 5.41) is 1.22. The van der Waals surface area contributed by atoms with Gasteiger partial charge in [-0.1, -0.05) is 24.3 Å². The number of amides is 1. The van der Waals surface area contributed by atoms with Crippen molar-refractivity contribution in [3.05, 3.63) is 72.3 Å². The largest absolute Gasteiger partial charge is 0.361 e. The zero-order valence-corrected chi connectivity index (χ0v) is 17.1. The molecule has 30 heavy (non-hydrogen) atoms. The molecule has 6 nitrogen and oxygen atoms in total. The zero-order valence-electron chi connectivity index (χ0n) is 17.1. The molecule has 1 fully saturated rings. The van der Waals surface area contributed by atoms with E-state index >= 15 is 0 Å². The fraction of sp³-hybridized carbons (Fsp3) is 0.333. The molecule has 1 amide bonds. The summed E-state index contributed by atoms with van der Waals surface area (Å²) in [6.45, 7) is 4.36. The molecule has 5 rings (SSSR count). The number of hydrogen-bond donors (Lipinski definition) is 1. The fourth-order valence-electron chi connectivity index (χ4n) is 4.41.